The van der Waals surface area contributed by atoms with E-state index in [1.165, 1.54) is 4.88 Å². The zero-order valence-corrected chi connectivity index (χ0v) is 16.4. The van der Waals surface area contributed by atoms with Crippen molar-refractivity contribution < 1.29 is 19.0 Å². The fourth-order valence-corrected chi connectivity index (χ4v) is 3.59. The summed E-state index contributed by atoms with van der Waals surface area (Å²) in [7, 11) is 1.61. The average Bonchev–Trinajstić information content (AvgIpc) is 3.24. The SMILES string of the molecule is COc1cc(CNCCc2cccs2)ccc1OCC(=O)N1CCOCC1. The molecule has 0 bridgehead atoms. The second kappa shape index (κ2) is 10.3. The van der Waals surface area contributed by atoms with Gasteiger partial charge in [0.05, 0.1) is 20.3 Å². The van der Waals surface area contributed by atoms with E-state index >= 15 is 0 Å². The van der Waals surface area contributed by atoms with Gasteiger partial charge in [-0.2, -0.15) is 0 Å². The summed E-state index contributed by atoms with van der Waals surface area (Å²) in [5.41, 5.74) is 1.12. The van der Waals surface area contributed by atoms with E-state index in [1.54, 1.807) is 23.3 Å². The highest BCUT2D eigenvalue weighted by Crippen LogP contribution is 2.28. The summed E-state index contributed by atoms with van der Waals surface area (Å²) in [5, 5.41) is 5.54. The number of hydrogen-bond donors (Lipinski definition) is 1. The van der Waals surface area contributed by atoms with E-state index in [-0.39, 0.29) is 12.5 Å². The molecule has 0 spiro atoms. The third-order valence-electron chi connectivity index (χ3n) is 4.40. The Bertz CT molecular complexity index is 715. The Morgan fingerprint density at radius 1 is 1.26 bits per heavy atom. The van der Waals surface area contributed by atoms with Gasteiger partial charge in [-0.1, -0.05) is 12.1 Å². The fraction of sp³-hybridized carbons (Fsp3) is 0.450. The van der Waals surface area contributed by atoms with Crippen LogP contribution in [-0.4, -0.2) is 57.4 Å². The van der Waals surface area contributed by atoms with Crippen LogP contribution in [0, 0.1) is 0 Å². The molecule has 0 radical (unpaired) electrons. The Labute approximate surface area is 164 Å². The number of methoxy groups -OCH3 is 1. The Hall–Kier alpha value is -2.09. The molecule has 7 heteroatoms. The molecule has 0 unspecified atom stereocenters. The zero-order chi connectivity index (χ0) is 18.9. The minimum Gasteiger partial charge on any atom is -0.493 e. The topological polar surface area (TPSA) is 60.0 Å². The quantitative estimate of drug-likeness (QED) is 0.666. The van der Waals surface area contributed by atoms with E-state index < -0.39 is 0 Å². The summed E-state index contributed by atoms with van der Waals surface area (Å²) in [6.45, 7) is 4.11. The number of hydrogen-bond acceptors (Lipinski definition) is 6. The molecular weight excluding hydrogens is 364 g/mol. The lowest BCUT2D eigenvalue weighted by atomic mass is 10.2. The predicted molar refractivity (Wildman–Crippen MR) is 106 cm³/mol. The lowest BCUT2D eigenvalue weighted by molar-refractivity contribution is -0.137. The first-order valence-corrected chi connectivity index (χ1v) is 10.0. The number of rotatable bonds is 9. The van der Waals surface area contributed by atoms with Crippen molar-refractivity contribution in [2.75, 3.05) is 46.6 Å². The van der Waals surface area contributed by atoms with Crippen molar-refractivity contribution in [2.24, 2.45) is 0 Å². The summed E-state index contributed by atoms with van der Waals surface area (Å²) >= 11 is 1.78. The van der Waals surface area contributed by atoms with Gasteiger partial charge in [-0.25, -0.2) is 0 Å². The van der Waals surface area contributed by atoms with Crippen LogP contribution in [0.1, 0.15) is 10.4 Å². The van der Waals surface area contributed by atoms with Crippen molar-refractivity contribution in [3.05, 3.63) is 46.2 Å². The molecule has 0 aliphatic carbocycles. The summed E-state index contributed by atoms with van der Waals surface area (Å²) in [5.74, 6) is 1.20. The number of thiophene rings is 1. The van der Waals surface area contributed by atoms with Gasteiger partial charge < -0.3 is 24.4 Å². The van der Waals surface area contributed by atoms with Crippen molar-refractivity contribution >= 4 is 17.2 Å². The monoisotopic (exact) mass is 390 g/mol. The molecule has 6 nitrogen and oxygen atoms in total. The molecule has 2 heterocycles. The van der Waals surface area contributed by atoms with E-state index in [9.17, 15) is 4.79 Å². The van der Waals surface area contributed by atoms with Gasteiger partial charge in [0.25, 0.3) is 5.91 Å². The van der Waals surface area contributed by atoms with Gasteiger partial charge in [0.15, 0.2) is 18.1 Å². The predicted octanol–water partition coefficient (Wildman–Crippen LogP) is 2.33. The number of nitrogens with one attached hydrogen (secondary N) is 1. The van der Waals surface area contributed by atoms with Crippen molar-refractivity contribution in [3.63, 3.8) is 0 Å². The van der Waals surface area contributed by atoms with Crippen LogP contribution in [-0.2, 0) is 22.5 Å². The van der Waals surface area contributed by atoms with E-state index in [0.29, 0.717) is 37.8 Å². The molecule has 1 aliphatic heterocycles. The lowest BCUT2D eigenvalue weighted by Crippen LogP contribution is -2.43. The Morgan fingerprint density at radius 2 is 2.11 bits per heavy atom. The largest absolute Gasteiger partial charge is 0.493 e. The number of carbonyl (C=O) groups is 1. The fourth-order valence-electron chi connectivity index (χ4n) is 2.88. The van der Waals surface area contributed by atoms with Gasteiger partial charge in [-0.15, -0.1) is 11.3 Å². The number of ether oxygens (including phenoxy) is 3. The summed E-state index contributed by atoms with van der Waals surface area (Å²) in [4.78, 5) is 15.4. The molecule has 1 aromatic carbocycles. The molecular formula is C20H26N2O4S. The highest BCUT2D eigenvalue weighted by Gasteiger charge is 2.18. The molecule has 3 rings (SSSR count). The van der Waals surface area contributed by atoms with E-state index in [4.69, 9.17) is 14.2 Å². The first-order chi connectivity index (χ1) is 13.3. The first-order valence-electron chi connectivity index (χ1n) is 9.14. The molecule has 0 atom stereocenters. The number of nitrogens with zero attached hydrogens (tertiary/aromatic N) is 1. The molecule has 1 saturated heterocycles. The second-order valence-electron chi connectivity index (χ2n) is 6.27. The molecule has 0 saturated carbocycles. The van der Waals surface area contributed by atoms with Crippen LogP contribution in [0.5, 0.6) is 11.5 Å². The minimum atomic E-state index is -0.0281. The van der Waals surface area contributed by atoms with Crippen molar-refractivity contribution in [1.82, 2.24) is 10.2 Å². The Kier molecular flexibility index (Phi) is 7.50. The lowest BCUT2D eigenvalue weighted by Gasteiger charge is -2.26. The van der Waals surface area contributed by atoms with Gasteiger partial charge >= 0.3 is 0 Å². The van der Waals surface area contributed by atoms with Gasteiger partial charge in [0, 0.05) is 31.1 Å². The number of amides is 1. The minimum absolute atomic E-state index is 0.00870. The maximum atomic E-state index is 12.2. The standard InChI is InChI=1S/C20H26N2O4S/c1-24-19-13-16(14-21-7-6-17-3-2-12-27-17)4-5-18(19)26-15-20(23)22-8-10-25-11-9-22/h2-5,12-13,21H,6-11,14-15H2,1H3. The Balaban J connectivity index is 1.47. The van der Waals surface area contributed by atoms with Crippen LogP contribution in [0.3, 0.4) is 0 Å². The molecule has 27 heavy (non-hydrogen) atoms. The van der Waals surface area contributed by atoms with Crippen molar-refractivity contribution in [3.8, 4) is 11.5 Å². The maximum absolute atomic E-state index is 12.2. The highest BCUT2D eigenvalue weighted by molar-refractivity contribution is 7.09. The molecule has 2 aromatic rings. The van der Waals surface area contributed by atoms with Gasteiger partial charge in [-0.05, 0) is 35.6 Å². The summed E-state index contributed by atoms with van der Waals surface area (Å²) < 4.78 is 16.4. The van der Waals surface area contributed by atoms with E-state index in [1.807, 2.05) is 18.2 Å². The summed E-state index contributed by atoms with van der Waals surface area (Å²) in [6, 6.07) is 10.0. The van der Waals surface area contributed by atoms with Gasteiger partial charge in [-0.3, -0.25) is 4.79 Å². The van der Waals surface area contributed by atoms with Gasteiger partial charge in [0.1, 0.15) is 0 Å². The van der Waals surface area contributed by atoms with E-state index in [2.05, 4.69) is 22.8 Å². The molecule has 1 fully saturated rings. The smallest absolute Gasteiger partial charge is 0.260 e. The number of carbonyl (C=O) groups excluding carboxylic acids is 1. The van der Waals surface area contributed by atoms with Crippen molar-refractivity contribution in [1.29, 1.82) is 0 Å². The van der Waals surface area contributed by atoms with E-state index in [0.717, 1.165) is 25.1 Å². The second-order valence-corrected chi connectivity index (χ2v) is 7.31. The molecule has 1 N–H and O–H groups in total. The summed E-state index contributed by atoms with van der Waals surface area (Å²) in [6.07, 6.45) is 1.03. The van der Waals surface area contributed by atoms with Crippen LogP contribution in [0.4, 0.5) is 0 Å². The van der Waals surface area contributed by atoms with Crippen molar-refractivity contribution in [2.45, 2.75) is 13.0 Å². The maximum Gasteiger partial charge on any atom is 0.260 e. The third kappa shape index (κ3) is 5.95. The molecule has 1 aromatic heterocycles. The first kappa shape index (κ1) is 19.7. The number of morpholine rings is 1. The normalized spacial score (nSPS) is 14.2. The van der Waals surface area contributed by atoms with Crippen LogP contribution in [0.25, 0.3) is 0 Å². The average molecular weight is 391 g/mol. The molecule has 1 aliphatic rings. The highest BCUT2D eigenvalue weighted by atomic mass is 32.1. The van der Waals surface area contributed by atoms with Crippen LogP contribution in [0.15, 0.2) is 35.7 Å². The van der Waals surface area contributed by atoms with Crippen LogP contribution >= 0.6 is 11.3 Å². The third-order valence-corrected chi connectivity index (χ3v) is 5.34. The number of benzene rings is 1. The Morgan fingerprint density at radius 3 is 2.85 bits per heavy atom. The molecule has 1 amide bonds. The van der Waals surface area contributed by atoms with Crippen LogP contribution < -0.4 is 14.8 Å². The van der Waals surface area contributed by atoms with Gasteiger partial charge in [0.2, 0.25) is 0 Å². The molecule has 146 valence electrons. The zero-order valence-electron chi connectivity index (χ0n) is 15.6. The van der Waals surface area contributed by atoms with Crippen LogP contribution in [0.2, 0.25) is 0 Å².